The standard InChI is InChI=1S/C13H21ClN2OS/c1-13(17)4-7-16(8-5-13)6-2-3-12-15-11(9-14)10-18-12/h10,17H,2-9H2,1H3. The Morgan fingerprint density at radius 3 is 2.83 bits per heavy atom. The molecule has 18 heavy (non-hydrogen) atoms. The van der Waals surface area contributed by atoms with E-state index >= 15 is 0 Å². The molecule has 1 aliphatic rings. The van der Waals surface area contributed by atoms with Gasteiger partial charge in [-0.3, -0.25) is 0 Å². The Bertz CT molecular complexity index is 371. The molecular formula is C13H21ClN2OS. The molecule has 0 amide bonds. The van der Waals surface area contributed by atoms with Crippen molar-refractivity contribution in [2.24, 2.45) is 0 Å². The minimum absolute atomic E-state index is 0.443. The van der Waals surface area contributed by atoms with Crippen molar-refractivity contribution in [2.45, 2.75) is 44.1 Å². The van der Waals surface area contributed by atoms with E-state index in [-0.39, 0.29) is 0 Å². The molecule has 102 valence electrons. The van der Waals surface area contributed by atoms with Crippen LogP contribution in [0.1, 0.15) is 36.9 Å². The Morgan fingerprint density at radius 2 is 2.22 bits per heavy atom. The minimum Gasteiger partial charge on any atom is -0.390 e. The van der Waals surface area contributed by atoms with Crippen LogP contribution in [0.4, 0.5) is 0 Å². The molecule has 0 unspecified atom stereocenters. The van der Waals surface area contributed by atoms with E-state index in [9.17, 15) is 5.11 Å². The molecule has 0 aliphatic carbocycles. The van der Waals surface area contributed by atoms with Crippen molar-refractivity contribution < 1.29 is 5.11 Å². The summed E-state index contributed by atoms with van der Waals surface area (Å²) in [7, 11) is 0. The van der Waals surface area contributed by atoms with Crippen LogP contribution >= 0.6 is 22.9 Å². The average Bonchev–Trinajstić information content (AvgIpc) is 2.79. The number of aliphatic hydroxyl groups is 1. The van der Waals surface area contributed by atoms with Crippen molar-refractivity contribution in [3.8, 4) is 0 Å². The second kappa shape index (κ2) is 6.33. The van der Waals surface area contributed by atoms with Gasteiger partial charge < -0.3 is 10.0 Å². The molecule has 1 fully saturated rings. The van der Waals surface area contributed by atoms with Crippen molar-refractivity contribution in [2.75, 3.05) is 19.6 Å². The second-order valence-electron chi connectivity index (χ2n) is 5.31. The van der Waals surface area contributed by atoms with Crippen LogP contribution in [-0.2, 0) is 12.3 Å². The van der Waals surface area contributed by atoms with Gasteiger partial charge in [-0.1, -0.05) is 0 Å². The molecule has 1 aromatic heterocycles. The highest BCUT2D eigenvalue weighted by molar-refractivity contribution is 7.09. The molecule has 0 bridgehead atoms. The SMILES string of the molecule is CC1(O)CCN(CCCc2nc(CCl)cs2)CC1. The number of halogens is 1. The quantitative estimate of drug-likeness (QED) is 0.846. The van der Waals surface area contributed by atoms with E-state index < -0.39 is 5.60 Å². The lowest BCUT2D eigenvalue weighted by atomic mass is 9.94. The van der Waals surface area contributed by atoms with Crippen LogP contribution in [-0.4, -0.2) is 40.2 Å². The monoisotopic (exact) mass is 288 g/mol. The van der Waals surface area contributed by atoms with Gasteiger partial charge in [0, 0.05) is 24.9 Å². The molecule has 5 heteroatoms. The first kappa shape index (κ1) is 14.3. The lowest BCUT2D eigenvalue weighted by molar-refractivity contribution is -0.00539. The van der Waals surface area contributed by atoms with Crippen molar-refractivity contribution >= 4 is 22.9 Å². The molecule has 1 saturated heterocycles. The number of hydrogen-bond donors (Lipinski definition) is 1. The first-order valence-electron chi connectivity index (χ1n) is 6.53. The summed E-state index contributed by atoms with van der Waals surface area (Å²) in [5.41, 5.74) is 0.548. The molecule has 2 heterocycles. The van der Waals surface area contributed by atoms with Crippen LogP contribution in [0.25, 0.3) is 0 Å². The largest absolute Gasteiger partial charge is 0.390 e. The molecule has 0 aromatic carbocycles. The van der Waals surface area contributed by atoms with Gasteiger partial charge in [0.15, 0.2) is 0 Å². The lowest BCUT2D eigenvalue weighted by Crippen LogP contribution is -2.42. The number of aryl methyl sites for hydroxylation is 1. The minimum atomic E-state index is -0.443. The van der Waals surface area contributed by atoms with Crippen LogP contribution in [0.3, 0.4) is 0 Å². The highest BCUT2D eigenvalue weighted by Crippen LogP contribution is 2.21. The smallest absolute Gasteiger partial charge is 0.0929 e. The first-order chi connectivity index (χ1) is 8.59. The van der Waals surface area contributed by atoms with Crippen LogP contribution in [0.15, 0.2) is 5.38 Å². The molecule has 3 nitrogen and oxygen atoms in total. The second-order valence-corrected chi connectivity index (χ2v) is 6.52. The molecule has 1 aliphatic heterocycles. The van der Waals surface area contributed by atoms with Crippen LogP contribution in [0, 0.1) is 0 Å². The van der Waals surface area contributed by atoms with E-state index in [4.69, 9.17) is 11.6 Å². The zero-order valence-electron chi connectivity index (χ0n) is 10.9. The number of hydrogen-bond acceptors (Lipinski definition) is 4. The van der Waals surface area contributed by atoms with E-state index in [2.05, 4.69) is 9.88 Å². The van der Waals surface area contributed by atoms with Crippen molar-refractivity contribution in [1.82, 2.24) is 9.88 Å². The number of nitrogens with zero attached hydrogens (tertiary/aromatic N) is 2. The first-order valence-corrected chi connectivity index (χ1v) is 7.94. The predicted octanol–water partition coefficient (Wildman–Crippen LogP) is 2.66. The van der Waals surface area contributed by atoms with Crippen molar-refractivity contribution in [1.29, 1.82) is 0 Å². The van der Waals surface area contributed by atoms with Gasteiger partial charge in [-0.25, -0.2) is 4.98 Å². The Balaban J connectivity index is 1.67. The number of aromatic nitrogens is 1. The lowest BCUT2D eigenvalue weighted by Gasteiger charge is -2.35. The molecule has 0 saturated carbocycles. The third kappa shape index (κ3) is 4.19. The highest BCUT2D eigenvalue weighted by Gasteiger charge is 2.26. The fourth-order valence-electron chi connectivity index (χ4n) is 2.24. The Kier molecular flexibility index (Phi) is 5.01. The summed E-state index contributed by atoms with van der Waals surface area (Å²) in [5.74, 6) is 0.512. The Hall–Kier alpha value is -0.160. The Morgan fingerprint density at radius 1 is 1.50 bits per heavy atom. The fourth-order valence-corrected chi connectivity index (χ4v) is 3.31. The van der Waals surface area contributed by atoms with Gasteiger partial charge >= 0.3 is 0 Å². The molecule has 1 aromatic rings. The van der Waals surface area contributed by atoms with Gasteiger partial charge in [0.05, 0.1) is 22.2 Å². The summed E-state index contributed by atoms with van der Waals surface area (Å²) >= 11 is 7.44. The molecule has 2 rings (SSSR count). The summed E-state index contributed by atoms with van der Waals surface area (Å²) in [6.07, 6.45) is 3.95. The third-order valence-electron chi connectivity index (χ3n) is 3.53. The average molecular weight is 289 g/mol. The zero-order valence-corrected chi connectivity index (χ0v) is 12.4. The predicted molar refractivity (Wildman–Crippen MR) is 76.3 cm³/mol. The number of rotatable bonds is 5. The van der Waals surface area contributed by atoms with Crippen molar-refractivity contribution in [3.05, 3.63) is 16.1 Å². The van der Waals surface area contributed by atoms with Gasteiger partial charge in [0.1, 0.15) is 0 Å². The van der Waals surface area contributed by atoms with Crippen LogP contribution in [0.2, 0.25) is 0 Å². The van der Waals surface area contributed by atoms with Crippen molar-refractivity contribution in [3.63, 3.8) is 0 Å². The normalized spacial score (nSPS) is 20.2. The third-order valence-corrected chi connectivity index (χ3v) is 4.77. The Labute approximate surface area is 118 Å². The van der Waals surface area contributed by atoms with E-state index in [0.29, 0.717) is 5.88 Å². The number of alkyl halides is 1. The summed E-state index contributed by atoms with van der Waals surface area (Å²) in [6, 6.07) is 0. The summed E-state index contributed by atoms with van der Waals surface area (Å²) in [4.78, 5) is 6.90. The topological polar surface area (TPSA) is 36.4 Å². The molecule has 0 atom stereocenters. The van der Waals surface area contributed by atoms with Crippen LogP contribution < -0.4 is 0 Å². The summed E-state index contributed by atoms with van der Waals surface area (Å²) in [5, 5.41) is 13.1. The molecular weight excluding hydrogens is 268 g/mol. The maximum atomic E-state index is 9.88. The summed E-state index contributed by atoms with van der Waals surface area (Å²) in [6.45, 7) is 5.06. The fraction of sp³-hybridized carbons (Fsp3) is 0.769. The molecule has 0 spiro atoms. The molecule has 1 N–H and O–H groups in total. The van der Waals surface area contributed by atoms with Crippen LogP contribution in [0.5, 0.6) is 0 Å². The molecule has 0 radical (unpaired) electrons. The highest BCUT2D eigenvalue weighted by atomic mass is 35.5. The van der Waals surface area contributed by atoms with Gasteiger partial charge in [-0.15, -0.1) is 22.9 Å². The van der Waals surface area contributed by atoms with Gasteiger partial charge in [-0.05, 0) is 32.7 Å². The van der Waals surface area contributed by atoms with E-state index in [0.717, 1.165) is 51.0 Å². The zero-order chi connectivity index (χ0) is 13.0. The van der Waals surface area contributed by atoms with Gasteiger partial charge in [0.2, 0.25) is 0 Å². The number of likely N-dealkylation sites (tertiary alicyclic amines) is 1. The van der Waals surface area contributed by atoms with E-state index in [1.165, 1.54) is 5.01 Å². The number of piperidine rings is 1. The van der Waals surface area contributed by atoms with E-state index in [1.807, 2.05) is 12.3 Å². The van der Waals surface area contributed by atoms with E-state index in [1.54, 1.807) is 11.3 Å². The van der Waals surface area contributed by atoms with Gasteiger partial charge in [-0.2, -0.15) is 0 Å². The summed E-state index contributed by atoms with van der Waals surface area (Å²) < 4.78 is 0. The maximum Gasteiger partial charge on any atom is 0.0929 e. The number of thiazole rings is 1. The maximum absolute atomic E-state index is 9.88. The van der Waals surface area contributed by atoms with Gasteiger partial charge in [0.25, 0.3) is 0 Å².